The summed E-state index contributed by atoms with van der Waals surface area (Å²) in [6.07, 6.45) is 4.62. The Bertz CT molecular complexity index is 577. The van der Waals surface area contributed by atoms with Crippen molar-refractivity contribution >= 4 is 21.9 Å². The molecule has 0 saturated carbocycles. The highest BCUT2D eigenvalue weighted by Gasteiger charge is 2.06. The van der Waals surface area contributed by atoms with E-state index >= 15 is 0 Å². The highest BCUT2D eigenvalue weighted by Crippen LogP contribution is 2.25. The Labute approximate surface area is 105 Å². The third-order valence-electron chi connectivity index (χ3n) is 2.06. The Hall–Kier alpha value is -2.00. The molecular formula is C11H6BrFN4. The molecule has 0 aliphatic heterocycles. The fraction of sp³-hybridized carbons (Fsp3) is 0. The molecule has 0 saturated heterocycles. The van der Waals surface area contributed by atoms with E-state index < -0.39 is 0 Å². The molecule has 1 heterocycles. The molecule has 4 nitrogen and oxygen atoms in total. The minimum absolute atomic E-state index is 0.187. The zero-order valence-electron chi connectivity index (χ0n) is 8.48. The van der Waals surface area contributed by atoms with E-state index in [1.165, 1.54) is 18.5 Å². The highest BCUT2D eigenvalue weighted by molar-refractivity contribution is 9.10. The topological polar surface area (TPSA) is 61.6 Å². The van der Waals surface area contributed by atoms with Gasteiger partial charge in [0.1, 0.15) is 5.82 Å². The molecule has 2 aromatic rings. The van der Waals surface area contributed by atoms with Crippen molar-refractivity contribution in [3.05, 3.63) is 40.9 Å². The first-order valence-corrected chi connectivity index (χ1v) is 5.42. The molecular weight excluding hydrogens is 287 g/mol. The summed E-state index contributed by atoms with van der Waals surface area (Å²) in [7, 11) is 0. The fourth-order valence-corrected chi connectivity index (χ4v) is 1.66. The molecule has 0 radical (unpaired) electrons. The molecule has 0 amide bonds. The molecule has 6 heteroatoms. The Morgan fingerprint density at radius 1 is 1.29 bits per heavy atom. The second kappa shape index (κ2) is 4.89. The van der Waals surface area contributed by atoms with Crippen molar-refractivity contribution in [3.8, 4) is 17.3 Å². The third-order valence-corrected chi connectivity index (χ3v) is 2.55. The lowest BCUT2D eigenvalue weighted by molar-refractivity contribution is 0.631. The monoisotopic (exact) mass is 292 g/mol. The zero-order valence-corrected chi connectivity index (χ0v) is 10.1. The standard InChI is InChI=1S/C11H6BrFN4/c12-8-1-2-10(13)9(3-8)7-4-15-11(16-5-7)17-6-14/h1-5H,(H,15,16,17). The lowest BCUT2D eigenvalue weighted by atomic mass is 10.1. The summed E-state index contributed by atoms with van der Waals surface area (Å²) in [4.78, 5) is 7.78. The van der Waals surface area contributed by atoms with E-state index in [9.17, 15) is 4.39 Å². The van der Waals surface area contributed by atoms with Crippen LogP contribution in [-0.4, -0.2) is 9.97 Å². The molecule has 17 heavy (non-hydrogen) atoms. The number of halogens is 2. The average molecular weight is 293 g/mol. The highest BCUT2D eigenvalue weighted by atomic mass is 79.9. The first kappa shape index (κ1) is 11.5. The minimum atomic E-state index is -0.349. The van der Waals surface area contributed by atoms with Crippen LogP contribution in [0, 0.1) is 17.3 Å². The van der Waals surface area contributed by atoms with Gasteiger partial charge in [-0.15, -0.1) is 0 Å². The molecule has 84 valence electrons. The van der Waals surface area contributed by atoms with Gasteiger partial charge in [0.25, 0.3) is 0 Å². The summed E-state index contributed by atoms with van der Waals surface area (Å²) >= 11 is 3.27. The second-order valence-corrected chi connectivity index (χ2v) is 4.07. The molecule has 0 bridgehead atoms. The number of nitriles is 1. The predicted molar refractivity (Wildman–Crippen MR) is 64.4 cm³/mol. The number of hydrogen-bond donors (Lipinski definition) is 1. The van der Waals surface area contributed by atoms with E-state index in [-0.39, 0.29) is 11.8 Å². The van der Waals surface area contributed by atoms with Gasteiger partial charge in [-0.25, -0.2) is 14.4 Å². The van der Waals surface area contributed by atoms with E-state index in [0.717, 1.165) is 4.47 Å². The van der Waals surface area contributed by atoms with Crippen molar-refractivity contribution in [2.24, 2.45) is 0 Å². The largest absolute Gasteiger partial charge is 0.261 e. The molecule has 0 fully saturated rings. The molecule has 1 N–H and O–H groups in total. The van der Waals surface area contributed by atoms with Crippen LogP contribution in [0.25, 0.3) is 11.1 Å². The third kappa shape index (κ3) is 2.57. The zero-order chi connectivity index (χ0) is 12.3. The molecule has 0 aliphatic rings. The van der Waals surface area contributed by atoms with Crippen LogP contribution in [-0.2, 0) is 0 Å². The van der Waals surface area contributed by atoms with E-state index in [0.29, 0.717) is 11.1 Å². The van der Waals surface area contributed by atoms with Crippen LogP contribution in [0.4, 0.5) is 10.3 Å². The van der Waals surface area contributed by atoms with Gasteiger partial charge in [0.05, 0.1) is 0 Å². The number of nitrogens with zero attached hydrogens (tertiary/aromatic N) is 3. The van der Waals surface area contributed by atoms with E-state index in [2.05, 4.69) is 31.2 Å². The molecule has 0 atom stereocenters. The average Bonchev–Trinajstić information content (AvgIpc) is 2.34. The van der Waals surface area contributed by atoms with Crippen molar-refractivity contribution in [2.45, 2.75) is 0 Å². The second-order valence-electron chi connectivity index (χ2n) is 3.16. The molecule has 0 spiro atoms. The lowest BCUT2D eigenvalue weighted by Crippen LogP contribution is -1.95. The molecule has 2 rings (SSSR count). The number of aromatic nitrogens is 2. The van der Waals surface area contributed by atoms with Crippen LogP contribution < -0.4 is 5.32 Å². The number of nitrogens with one attached hydrogen (secondary N) is 1. The molecule has 0 unspecified atom stereocenters. The summed E-state index contributed by atoms with van der Waals surface area (Å²) in [5.74, 6) is -0.163. The van der Waals surface area contributed by atoms with E-state index in [1.54, 1.807) is 18.3 Å². The SMILES string of the molecule is N#CNc1ncc(-c2cc(Br)ccc2F)cn1. The number of benzene rings is 1. The van der Waals surface area contributed by atoms with Crippen LogP contribution in [0.15, 0.2) is 35.1 Å². The van der Waals surface area contributed by atoms with E-state index in [4.69, 9.17) is 5.26 Å². The predicted octanol–water partition coefficient (Wildman–Crippen LogP) is 2.94. The Morgan fingerprint density at radius 3 is 2.65 bits per heavy atom. The summed E-state index contributed by atoms with van der Waals surface area (Å²) in [5, 5.41) is 10.7. The summed E-state index contributed by atoms with van der Waals surface area (Å²) in [6, 6.07) is 4.62. The van der Waals surface area contributed by atoms with Crippen molar-refractivity contribution in [2.75, 3.05) is 5.32 Å². The van der Waals surface area contributed by atoms with Gasteiger partial charge in [-0.1, -0.05) is 15.9 Å². The summed E-state index contributed by atoms with van der Waals surface area (Å²) in [5.41, 5.74) is 0.954. The van der Waals surface area contributed by atoms with Crippen LogP contribution in [0.1, 0.15) is 0 Å². The molecule has 1 aromatic carbocycles. The smallest absolute Gasteiger partial charge is 0.236 e. The fourth-order valence-electron chi connectivity index (χ4n) is 1.30. The Morgan fingerprint density at radius 2 is 2.00 bits per heavy atom. The minimum Gasteiger partial charge on any atom is -0.261 e. The van der Waals surface area contributed by atoms with Gasteiger partial charge in [-0.3, -0.25) is 5.32 Å². The maximum Gasteiger partial charge on any atom is 0.236 e. The molecule has 1 aromatic heterocycles. The van der Waals surface area contributed by atoms with Gasteiger partial charge in [0.2, 0.25) is 5.95 Å². The Kier molecular flexibility index (Phi) is 3.30. The van der Waals surface area contributed by atoms with Gasteiger partial charge in [-0.2, -0.15) is 5.26 Å². The molecule has 0 aliphatic carbocycles. The number of anilines is 1. The first-order chi connectivity index (χ1) is 8.20. The van der Waals surface area contributed by atoms with Crippen molar-refractivity contribution in [1.82, 2.24) is 9.97 Å². The van der Waals surface area contributed by atoms with Crippen LogP contribution >= 0.6 is 15.9 Å². The van der Waals surface area contributed by atoms with Crippen molar-refractivity contribution < 1.29 is 4.39 Å². The first-order valence-electron chi connectivity index (χ1n) is 4.63. The maximum absolute atomic E-state index is 13.6. The van der Waals surface area contributed by atoms with Crippen LogP contribution in [0.5, 0.6) is 0 Å². The maximum atomic E-state index is 13.6. The van der Waals surface area contributed by atoms with Gasteiger partial charge in [-0.05, 0) is 18.2 Å². The van der Waals surface area contributed by atoms with Gasteiger partial charge in [0.15, 0.2) is 6.19 Å². The van der Waals surface area contributed by atoms with Gasteiger partial charge in [0, 0.05) is 28.0 Å². The van der Waals surface area contributed by atoms with Crippen LogP contribution in [0.2, 0.25) is 0 Å². The lowest BCUT2D eigenvalue weighted by Gasteiger charge is -2.03. The van der Waals surface area contributed by atoms with Crippen molar-refractivity contribution in [3.63, 3.8) is 0 Å². The van der Waals surface area contributed by atoms with Crippen LogP contribution in [0.3, 0.4) is 0 Å². The van der Waals surface area contributed by atoms with Crippen molar-refractivity contribution in [1.29, 1.82) is 5.26 Å². The van der Waals surface area contributed by atoms with Gasteiger partial charge >= 0.3 is 0 Å². The number of rotatable bonds is 2. The normalized spacial score (nSPS) is 9.71. The number of hydrogen-bond acceptors (Lipinski definition) is 4. The quantitative estimate of drug-likeness (QED) is 0.683. The van der Waals surface area contributed by atoms with E-state index in [1.807, 2.05) is 0 Å². The summed E-state index contributed by atoms with van der Waals surface area (Å²) in [6.45, 7) is 0. The summed E-state index contributed by atoms with van der Waals surface area (Å²) < 4.78 is 14.3. The van der Waals surface area contributed by atoms with Gasteiger partial charge < -0.3 is 0 Å². The Balaban J connectivity index is 2.40.